The number of aromatic nitrogens is 2. The Morgan fingerprint density at radius 3 is 2.95 bits per heavy atom. The van der Waals surface area contributed by atoms with Crippen molar-refractivity contribution in [2.24, 2.45) is 0 Å². The summed E-state index contributed by atoms with van der Waals surface area (Å²) in [5.74, 6) is 0.987. The van der Waals surface area contributed by atoms with Gasteiger partial charge in [0.05, 0.1) is 0 Å². The van der Waals surface area contributed by atoms with Gasteiger partial charge in [0, 0.05) is 22.7 Å². The largest absolute Gasteiger partial charge is 0.284 e. The Kier molecular flexibility index (Phi) is 5.15. The molecule has 0 saturated heterocycles. The van der Waals surface area contributed by atoms with E-state index in [0.29, 0.717) is 12.5 Å². The van der Waals surface area contributed by atoms with E-state index >= 15 is 0 Å². The molecule has 0 N–H and O–H groups in total. The molecule has 4 nitrogen and oxygen atoms in total. The van der Waals surface area contributed by atoms with Crippen molar-refractivity contribution < 1.29 is 4.79 Å². The monoisotopic (exact) mass is 397 g/mol. The number of thioether (sulfide) groups is 1. The Labute approximate surface area is 146 Å². The third-order valence-electron chi connectivity index (χ3n) is 3.34. The summed E-state index contributed by atoms with van der Waals surface area (Å²) in [5, 5.41) is 9.19. The maximum Gasteiger partial charge on any atom is 0.228 e. The van der Waals surface area contributed by atoms with Crippen molar-refractivity contribution >= 4 is 50.1 Å². The van der Waals surface area contributed by atoms with E-state index in [-0.39, 0.29) is 5.91 Å². The van der Waals surface area contributed by atoms with E-state index in [1.165, 1.54) is 16.9 Å². The normalized spacial score (nSPS) is 14.1. The van der Waals surface area contributed by atoms with E-state index in [0.717, 1.165) is 32.5 Å². The van der Waals surface area contributed by atoms with Crippen molar-refractivity contribution in [1.29, 1.82) is 0 Å². The number of hydrogen-bond acceptors (Lipinski definition) is 5. The van der Waals surface area contributed by atoms with Crippen LogP contribution in [0.2, 0.25) is 0 Å². The van der Waals surface area contributed by atoms with Crippen LogP contribution in [0, 0.1) is 0 Å². The highest BCUT2D eigenvalue weighted by molar-refractivity contribution is 9.10. The third-order valence-corrected chi connectivity index (χ3v) is 5.96. The highest BCUT2D eigenvalue weighted by Gasteiger charge is 2.35. The summed E-state index contributed by atoms with van der Waals surface area (Å²) in [6.45, 7) is 1.89. The molecule has 7 heteroatoms. The van der Waals surface area contributed by atoms with Crippen molar-refractivity contribution in [2.75, 3.05) is 4.90 Å². The van der Waals surface area contributed by atoms with Crippen LogP contribution < -0.4 is 4.90 Å². The van der Waals surface area contributed by atoms with Crippen LogP contribution in [0.1, 0.15) is 31.7 Å². The standard InChI is InChI=1S/C15H16BrN3OS2/c1-2-13(20)19(12-6-7-12)14-17-18-15(22-14)21-9-10-4-3-5-11(16)8-10/h3-5,8,12H,2,6-7,9H2,1H3. The lowest BCUT2D eigenvalue weighted by atomic mass is 10.2. The maximum atomic E-state index is 12.1. The van der Waals surface area contributed by atoms with Gasteiger partial charge in [-0.25, -0.2) is 0 Å². The van der Waals surface area contributed by atoms with Gasteiger partial charge in [-0.3, -0.25) is 9.69 Å². The second kappa shape index (κ2) is 7.10. The quantitative estimate of drug-likeness (QED) is 0.531. The molecule has 0 bridgehead atoms. The first-order valence-electron chi connectivity index (χ1n) is 7.20. The first-order valence-corrected chi connectivity index (χ1v) is 9.79. The molecule has 0 aliphatic heterocycles. The second-order valence-electron chi connectivity index (χ2n) is 5.12. The number of carbonyl (C=O) groups is 1. The van der Waals surface area contributed by atoms with Crippen LogP contribution in [-0.2, 0) is 10.5 Å². The van der Waals surface area contributed by atoms with Crippen molar-refractivity contribution in [3.63, 3.8) is 0 Å². The fourth-order valence-corrected chi connectivity index (χ4v) is 4.42. The minimum absolute atomic E-state index is 0.141. The molecule has 2 aromatic rings. The molecule has 0 atom stereocenters. The minimum Gasteiger partial charge on any atom is -0.284 e. The third kappa shape index (κ3) is 3.88. The zero-order chi connectivity index (χ0) is 15.5. The lowest BCUT2D eigenvalue weighted by molar-refractivity contribution is -0.118. The molecule has 1 heterocycles. The molecule has 1 aromatic heterocycles. The number of halogens is 1. The van der Waals surface area contributed by atoms with Gasteiger partial charge in [0.15, 0.2) is 4.34 Å². The van der Waals surface area contributed by atoms with E-state index in [9.17, 15) is 4.79 Å². The topological polar surface area (TPSA) is 46.1 Å². The number of carbonyl (C=O) groups excluding carboxylic acids is 1. The van der Waals surface area contributed by atoms with Gasteiger partial charge in [-0.1, -0.05) is 58.1 Å². The first kappa shape index (κ1) is 16.0. The number of anilines is 1. The first-order chi connectivity index (χ1) is 10.7. The SMILES string of the molecule is CCC(=O)N(c1nnc(SCc2cccc(Br)c2)s1)C1CC1. The molecule has 1 aromatic carbocycles. The Morgan fingerprint density at radius 1 is 1.45 bits per heavy atom. The molecule has 22 heavy (non-hydrogen) atoms. The van der Waals surface area contributed by atoms with Gasteiger partial charge in [-0.05, 0) is 30.5 Å². The number of benzene rings is 1. The molecule has 1 aliphatic carbocycles. The smallest absolute Gasteiger partial charge is 0.228 e. The van der Waals surface area contributed by atoms with Gasteiger partial charge in [0.25, 0.3) is 0 Å². The summed E-state index contributed by atoms with van der Waals surface area (Å²) in [7, 11) is 0. The van der Waals surface area contributed by atoms with E-state index in [4.69, 9.17) is 0 Å². The van der Waals surface area contributed by atoms with E-state index in [1.54, 1.807) is 11.8 Å². The fourth-order valence-electron chi connectivity index (χ4n) is 2.10. The van der Waals surface area contributed by atoms with Gasteiger partial charge >= 0.3 is 0 Å². The number of nitrogens with zero attached hydrogens (tertiary/aromatic N) is 3. The van der Waals surface area contributed by atoms with Crippen LogP contribution in [0.3, 0.4) is 0 Å². The van der Waals surface area contributed by atoms with Gasteiger partial charge < -0.3 is 0 Å². The highest BCUT2D eigenvalue weighted by atomic mass is 79.9. The molecule has 1 amide bonds. The van der Waals surface area contributed by atoms with E-state index < -0.39 is 0 Å². The van der Waals surface area contributed by atoms with Gasteiger partial charge in [0.1, 0.15) is 0 Å². The summed E-state index contributed by atoms with van der Waals surface area (Å²) >= 11 is 6.65. The summed E-state index contributed by atoms with van der Waals surface area (Å²) in [6.07, 6.45) is 2.66. The lowest BCUT2D eigenvalue weighted by Crippen LogP contribution is -2.32. The molecular formula is C15H16BrN3OS2. The van der Waals surface area contributed by atoms with Crippen LogP contribution >= 0.6 is 39.0 Å². The van der Waals surface area contributed by atoms with Crippen LogP contribution in [0.15, 0.2) is 33.1 Å². The van der Waals surface area contributed by atoms with Gasteiger partial charge in [-0.15, -0.1) is 10.2 Å². The summed E-state index contributed by atoms with van der Waals surface area (Å²) < 4.78 is 1.99. The number of hydrogen-bond donors (Lipinski definition) is 0. The zero-order valence-corrected chi connectivity index (χ0v) is 15.4. The van der Waals surface area contributed by atoms with Crippen molar-refractivity contribution in [3.05, 3.63) is 34.3 Å². The summed E-state index contributed by atoms with van der Waals surface area (Å²) in [5.41, 5.74) is 1.24. The molecule has 3 rings (SSSR count). The lowest BCUT2D eigenvalue weighted by Gasteiger charge is -2.17. The second-order valence-corrected chi connectivity index (χ2v) is 8.21. The molecule has 0 spiro atoms. The van der Waals surface area contributed by atoms with Crippen molar-refractivity contribution in [1.82, 2.24) is 10.2 Å². The average molecular weight is 398 g/mol. The molecule has 1 saturated carbocycles. The molecule has 0 radical (unpaired) electrons. The zero-order valence-electron chi connectivity index (χ0n) is 12.2. The summed E-state index contributed by atoms with van der Waals surface area (Å²) in [6, 6.07) is 8.58. The maximum absolute atomic E-state index is 12.1. The molecule has 116 valence electrons. The Hall–Kier alpha value is -0.920. The van der Waals surface area contributed by atoms with Gasteiger partial charge in [0.2, 0.25) is 11.0 Å². The van der Waals surface area contributed by atoms with Crippen LogP contribution in [-0.4, -0.2) is 22.1 Å². The van der Waals surface area contributed by atoms with Crippen LogP contribution in [0.4, 0.5) is 5.13 Å². The predicted molar refractivity (Wildman–Crippen MR) is 94.4 cm³/mol. The molecule has 1 aliphatic rings. The Bertz CT molecular complexity index is 672. The predicted octanol–water partition coefficient (Wildman–Crippen LogP) is 4.50. The van der Waals surface area contributed by atoms with Crippen molar-refractivity contribution in [2.45, 2.75) is 42.3 Å². The molecular weight excluding hydrogens is 382 g/mol. The van der Waals surface area contributed by atoms with Gasteiger partial charge in [-0.2, -0.15) is 0 Å². The van der Waals surface area contributed by atoms with Crippen LogP contribution in [0.5, 0.6) is 0 Å². The molecule has 1 fully saturated rings. The molecule has 0 unspecified atom stereocenters. The summed E-state index contributed by atoms with van der Waals surface area (Å²) in [4.78, 5) is 13.9. The number of rotatable bonds is 6. The Balaban J connectivity index is 1.66. The minimum atomic E-state index is 0.141. The Morgan fingerprint density at radius 2 is 2.27 bits per heavy atom. The van der Waals surface area contributed by atoms with E-state index in [1.807, 2.05) is 24.0 Å². The van der Waals surface area contributed by atoms with E-state index in [2.05, 4.69) is 38.3 Å². The van der Waals surface area contributed by atoms with Crippen molar-refractivity contribution in [3.8, 4) is 0 Å². The average Bonchev–Trinajstić information content (AvgIpc) is 3.23. The van der Waals surface area contributed by atoms with Crippen LogP contribution in [0.25, 0.3) is 0 Å². The highest BCUT2D eigenvalue weighted by Crippen LogP contribution is 2.36. The number of amides is 1. The fraction of sp³-hybridized carbons (Fsp3) is 0.400.